The second kappa shape index (κ2) is 4.83. The van der Waals surface area contributed by atoms with Crippen LogP contribution < -0.4 is 10.5 Å². The van der Waals surface area contributed by atoms with Gasteiger partial charge in [0.25, 0.3) is 0 Å². The molecule has 0 saturated carbocycles. The van der Waals surface area contributed by atoms with E-state index in [1.54, 1.807) is 7.11 Å². The maximum Gasteiger partial charge on any atom is 0.205 e. The second-order valence-corrected chi connectivity index (χ2v) is 5.51. The quantitative estimate of drug-likeness (QED) is 0.779. The van der Waals surface area contributed by atoms with Crippen LogP contribution in [0.1, 0.15) is 5.56 Å². The average Bonchev–Trinajstić information content (AvgIpc) is 2.75. The van der Waals surface area contributed by atoms with Gasteiger partial charge in [0.2, 0.25) is 5.95 Å². The summed E-state index contributed by atoms with van der Waals surface area (Å²) in [5.74, 6) is 1.23. The zero-order valence-electron chi connectivity index (χ0n) is 11.2. The Kier molecular flexibility index (Phi) is 3.14. The monoisotopic (exact) mass is 331 g/mol. The third-order valence-corrected chi connectivity index (χ3v) is 3.71. The van der Waals surface area contributed by atoms with Crippen LogP contribution in [0.2, 0.25) is 0 Å². The van der Waals surface area contributed by atoms with Gasteiger partial charge in [0.1, 0.15) is 5.75 Å². The molecule has 0 radical (unpaired) electrons. The van der Waals surface area contributed by atoms with Crippen molar-refractivity contribution < 1.29 is 4.74 Å². The summed E-state index contributed by atoms with van der Waals surface area (Å²) in [5.41, 5.74) is 10.1. The van der Waals surface area contributed by atoms with Crippen LogP contribution >= 0.6 is 15.9 Å². The molecule has 2 aromatic carbocycles. The number of nitrogens with two attached hydrogens (primary N) is 1. The summed E-state index contributed by atoms with van der Waals surface area (Å²) in [6.07, 6.45) is 0. The standard InChI is InChI=1S/C15H14BrN3O/c1-9-4-3-5-13-14(9)19(15(17)18-13)11-6-10(16)7-12(8-11)20-2/h3-8H,1-2H3,(H2,17,18). The lowest BCUT2D eigenvalue weighted by Gasteiger charge is -2.10. The molecule has 0 aliphatic carbocycles. The van der Waals surface area contributed by atoms with Crippen molar-refractivity contribution in [2.75, 3.05) is 12.8 Å². The number of imidazole rings is 1. The Morgan fingerprint density at radius 3 is 2.80 bits per heavy atom. The van der Waals surface area contributed by atoms with Gasteiger partial charge < -0.3 is 10.5 Å². The van der Waals surface area contributed by atoms with E-state index in [0.29, 0.717) is 5.95 Å². The smallest absolute Gasteiger partial charge is 0.205 e. The van der Waals surface area contributed by atoms with E-state index in [2.05, 4.69) is 33.9 Å². The molecule has 2 N–H and O–H groups in total. The van der Waals surface area contributed by atoms with Crippen molar-refractivity contribution in [1.82, 2.24) is 9.55 Å². The van der Waals surface area contributed by atoms with Crippen LogP contribution in [0.15, 0.2) is 40.9 Å². The molecule has 0 spiro atoms. The normalized spacial score (nSPS) is 10.9. The maximum atomic E-state index is 6.09. The fourth-order valence-corrected chi connectivity index (χ4v) is 2.83. The number of benzene rings is 2. The minimum atomic E-state index is 0.467. The lowest BCUT2D eigenvalue weighted by atomic mass is 10.2. The van der Waals surface area contributed by atoms with E-state index >= 15 is 0 Å². The molecule has 0 unspecified atom stereocenters. The number of nitrogen functional groups attached to an aromatic ring is 1. The van der Waals surface area contributed by atoms with Crippen LogP contribution in [0.3, 0.4) is 0 Å². The Bertz CT molecular complexity index is 795. The molecule has 0 saturated heterocycles. The van der Waals surface area contributed by atoms with Crippen molar-refractivity contribution in [3.8, 4) is 11.4 Å². The first-order chi connectivity index (χ1) is 9.60. The average molecular weight is 332 g/mol. The highest BCUT2D eigenvalue weighted by molar-refractivity contribution is 9.10. The van der Waals surface area contributed by atoms with Gasteiger partial charge in [0.15, 0.2) is 0 Å². The Balaban J connectivity index is 2.34. The summed E-state index contributed by atoms with van der Waals surface area (Å²) >= 11 is 3.49. The molecule has 0 fully saturated rings. The molecule has 0 amide bonds. The highest BCUT2D eigenvalue weighted by Crippen LogP contribution is 2.30. The molecule has 0 aliphatic rings. The zero-order chi connectivity index (χ0) is 14.3. The van der Waals surface area contributed by atoms with Crippen molar-refractivity contribution >= 4 is 32.9 Å². The van der Waals surface area contributed by atoms with Crippen molar-refractivity contribution in [3.05, 3.63) is 46.4 Å². The van der Waals surface area contributed by atoms with E-state index in [9.17, 15) is 0 Å². The molecule has 5 heteroatoms. The number of fused-ring (bicyclic) bond motifs is 1. The van der Waals surface area contributed by atoms with E-state index in [-0.39, 0.29) is 0 Å². The van der Waals surface area contributed by atoms with Gasteiger partial charge in [0, 0.05) is 10.5 Å². The lowest BCUT2D eigenvalue weighted by Crippen LogP contribution is -2.02. The highest BCUT2D eigenvalue weighted by Gasteiger charge is 2.13. The van der Waals surface area contributed by atoms with Gasteiger partial charge in [-0.3, -0.25) is 4.57 Å². The first-order valence-corrected chi connectivity index (χ1v) is 6.98. The summed E-state index contributed by atoms with van der Waals surface area (Å²) < 4.78 is 8.19. The predicted octanol–water partition coefficient (Wildman–Crippen LogP) is 3.69. The van der Waals surface area contributed by atoms with E-state index in [1.165, 1.54) is 0 Å². The zero-order valence-corrected chi connectivity index (χ0v) is 12.8. The SMILES string of the molecule is COc1cc(Br)cc(-n2c(N)nc3cccc(C)c32)c1. The largest absolute Gasteiger partial charge is 0.497 e. The van der Waals surface area contributed by atoms with Crippen LogP contribution in [0.25, 0.3) is 16.7 Å². The number of ether oxygens (including phenoxy) is 1. The van der Waals surface area contributed by atoms with Gasteiger partial charge in [-0.25, -0.2) is 4.98 Å². The number of para-hydroxylation sites is 1. The maximum absolute atomic E-state index is 6.09. The minimum absolute atomic E-state index is 0.467. The van der Waals surface area contributed by atoms with Gasteiger partial charge in [-0.05, 0) is 30.7 Å². The van der Waals surface area contributed by atoms with Gasteiger partial charge in [-0.1, -0.05) is 28.1 Å². The third kappa shape index (κ3) is 2.04. The molecule has 4 nitrogen and oxygen atoms in total. The molecule has 0 bridgehead atoms. The summed E-state index contributed by atoms with van der Waals surface area (Å²) in [6.45, 7) is 2.05. The Morgan fingerprint density at radius 1 is 1.25 bits per heavy atom. The molecule has 1 aromatic heterocycles. The van der Waals surface area contributed by atoms with Crippen molar-refractivity contribution in [3.63, 3.8) is 0 Å². The lowest BCUT2D eigenvalue weighted by molar-refractivity contribution is 0.414. The van der Waals surface area contributed by atoms with E-state index in [1.807, 2.05) is 34.9 Å². The fraction of sp³-hybridized carbons (Fsp3) is 0.133. The number of aryl methyl sites for hydroxylation is 1. The second-order valence-electron chi connectivity index (χ2n) is 4.60. The summed E-state index contributed by atoms with van der Waals surface area (Å²) in [6, 6.07) is 11.8. The Morgan fingerprint density at radius 2 is 2.05 bits per heavy atom. The predicted molar refractivity (Wildman–Crippen MR) is 84.5 cm³/mol. The number of hydrogen-bond acceptors (Lipinski definition) is 3. The first kappa shape index (κ1) is 13.0. The molecule has 3 rings (SSSR count). The van der Waals surface area contributed by atoms with E-state index < -0.39 is 0 Å². The van der Waals surface area contributed by atoms with Crippen molar-refractivity contribution in [1.29, 1.82) is 0 Å². The van der Waals surface area contributed by atoms with Gasteiger partial charge in [-0.15, -0.1) is 0 Å². The van der Waals surface area contributed by atoms with Gasteiger partial charge in [0.05, 0.1) is 23.8 Å². The number of aromatic nitrogens is 2. The number of hydrogen-bond donors (Lipinski definition) is 1. The van der Waals surface area contributed by atoms with E-state index in [0.717, 1.165) is 32.5 Å². The topological polar surface area (TPSA) is 53.1 Å². The summed E-state index contributed by atoms with van der Waals surface area (Å²) in [4.78, 5) is 4.42. The van der Waals surface area contributed by atoms with Crippen LogP contribution in [0, 0.1) is 6.92 Å². The fourth-order valence-electron chi connectivity index (χ4n) is 2.37. The molecule has 1 heterocycles. The van der Waals surface area contributed by atoms with Gasteiger partial charge >= 0.3 is 0 Å². The van der Waals surface area contributed by atoms with Crippen LogP contribution in [-0.2, 0) is 0 Å². The molecule has 3 aromatic rings. The highest BCUT2D eigenvalue weighted by atomic mass is 79.9. The number of halogens is 1. The summed E-state index contributed by atoms with van der Waals surface area (Å²) in [7, 11) is 1.65. The molecule has 0 aliphatic heterocycles. The molecule has 102 valence electrons. The van der Waals surface area contributed by atoms with Crippen LogP contribution in [0.5, 0.6) is 5.75 Å². The molecular weight excluding hydrogens is 318 g/mol. The molecular formula is C15H14BrN3O. The number of methoxy groups -OCH3 is 1. The number of rotatable bonds is 2. The Hall–Kier alpha value is -2.01. The molecule has 0 atom stereocenters. The van der Waals surface area contributed by atoms with E-state index in [4.69, 9.17) is 10.5 Å². The van der Waals surface area contributed by atoms with Crippen molar-refractivity contribution in [2.24, 2.45) is 0 Å². The number of anilines is 1. The molecule has 20 heavy (non-hydrogen) atoms. The Labute approximate surface area is 125 Å². The van der Waals surface area contributed by atoms with Crippen LogP contribution in [-0.4, -0.2) is 16.7 Å². The first-order valence-electron chi connectivity index (χ1n) is 6.18. The third-order valence-electron chi connectivity index (χ3n) is 3.25. The van der Waals surface area contributed by atoms with Crippen LogP contribution in [0.4, 0.5) is 5.95 Å². The minimum Gasteiger partial charge on any atom is -0.497 e. The summed E-state index contributed by atoms with van der Waals surface area (Å²) in [5, 5.41) is 0. The number of nitrogens with zero attached hydrogens (tertiary/aromatic N) is 2. The van der Waals surface area contributed by atoms with Crippen molar-refractivity contribution in [2.45, 2.75) is 6.92 Å². The van der Waals surface area contributed by atoms with Gasteiger partial charge in [-0.2, -0.15) is 0 Å².